The Morgan fingerprint density at radius 3 is 2.75 bits per heavy atom. The van der Waals surface area contributed by atoms with Gasteiger partial charge in [-0.15, -0.1) is 0 Å². The van der Waals surface area contributed by atoms with Crippen LogP contribution in [0.4, 0.5) is 15.9 Å². The molecule has 20 heavy (non-hydrogen) atoms. The number of aromatic nitrogens is 1. The number of halogens is 3. The highest BCUT2D eigenvalue weighted by atomic mass is 79.9. The van der Waals surface area contributed by atoms with Crippen molar-refractivity contribution in [2.75, 3.05) is 12.4 Å². The first-order chi connectivity index (χ1) is 9.43. The van der Waals surface area contributed by atoms with Crippen LogP contribution in [0, 0.1) is 15.9 Å². The van der Waals surface area contributed by atoms with Gasteiger partial charge in [-0.1, -0.05) is 11.6 Å². The predicted molar refractivity (Wildman–Crippen MR) is 78.5 cm³/mol. The molecule has 1 heterocycles. The second-order valence-corrected chi connectivity index (χ2v) is 5.06. The maximum Gasteiger partial charge on any atom is 0.275 e. The minimum Gasteiger partial charge on any atom is -0.373 e. The Morgan fingerprint density at radius 2 is 2.15 bits per heavy atom. The lowest BCUT2D eigenvalue weighted by molar-refractivity contribution is -0.384. The van der Waals surface area contributed by atoms with Gasteiger partial charge in [0, 0.05) is 23.2 Å². The first kappa shape index (κ1) is 14.7. The van der Waals surface area contributed by atoms with Gasteiger partial charge in [0.05, 0.1) is 21.7 Å². The molecule has 0 spiro atoms. The molecule has 104 valence electrons. The number of nitro groups is 1. The van der Waals surface area contributed by atoms with Gasteiger partial charge in [-0.2, -0.15) is 0 Å². The summed E-state index contributed by atoms with van der Waals surface area (Å²) in [5.74, 6) is -0.413. The minimum absolute atomic E-state index is 0.0955. The van der Waals surface area contributed by atoms with Crippen molar-refractivity contribution in [1.82, 2.24) is 4.98 Å². The first-order valence-electron chi connectivity index (χ1n) is 5.42. The molecule has 8 heteroatoms. The van der Waals surface area contributed by atoms with E-state index in [-0.39, 0.29) is 27.8 Å². The van der Waals surface area contributed by atoms with E-state index < -0.39 is 10.7 Å². The fourth-order valence-electron chi connectivity index (χ4n) is 1.61. The molecule has 0 amide bonds. The van der Waals surface area contributed by atoms with Crippen LogP contribution in [-0.2, 0) is 0 Å². The van der Waals surface area contributed by atoms with E-state index in [1.54, 1.807) is 13.1 Å². The van der Waals surface area contributed by atoms with Crippen LogP contribution in [0.5, 0.6) is 0 Å². The van der Waals surface area contributed by atoms with E-state index in [4.69, 9.17) is 11.6 Å². The van der Waals surface area contributed by atoms with Crippen molar-refractivity contribution < 1.29 is 9.31 Å². The molecule has 1 N–H and O–H groups in total. The van der Waals surface area contributed by atoms with Crippen LogP contribution in [-0.4, -0.2) is 17.0 Å². The SMILES string of the molecule is CNc1cc([N+](=O)[O-])cc(-c2ccc(Br)c(Cl)c2F)n1. The highest BCUT2D eigenvalue weighted by molar-refractivity contribution is 9.10. The number of nitrogens with one attached hydrogen (secondary N) is 1. The summed E-state index contributed by atoms with van der Waals surface area (Å²) in [7, 11) is 1.57. The van der Waals surface area contributed by atoms with Gasteiger partial charge >= 0.3 is 0 Å². The fourth-order valence-corrected chi connectivity index (χ4v) is 2.08. The zero-order valence-corrected chi connectivity index (χ0v) is 12.5. The zero-order chi connectivity index (χ0) is 14.9. The lowest BCUT2D eigenvalue weighted by Gasteiger charge is -2.07. The zero-order valence-electron chi connectivity index (χ0n) is 10.2. The number of hydrogen-bond donors (Lipinski definition) is 1. The van der Waals surface area contributed by atoms with E-state index in [0.717, 1.165) is 0 Å². The van der Waals surface area contributed by atoms with E-state index >= 15 is 0 Å². The molecule has 0 atom stereocenters. The summed E-state index contributed by atoms with van der Waals surface area (Å²) in [6, 6.07) is 5.47. The third-order valence-electron chi connectivity index (χ3n) is 2.59. The second kappa shape index (κ2) is 5.72. The molecule has 2 rings (SSSR count). The summed E-state index contributed by atoms with van der Waals surface area (Å²) in [4.78, 5) is 14.4. The van der Waals surface area contributed by atoms with E-state index in [0.29, 0.717) is 4.47 Å². The summed E-state index contributed by atoms with van der Waals surface area (Å²) in [5.41, 5.74) is 0.0478. The average Bonchev–Trinajstić information content (AvgIpc) is 2.44. The van der Waals surface area contributed by atoms with Crippen LogP contribution in [0.3, 0.4) is 0 Å². The Morgan fingerprint density at radius 1 is 1.45 bits per heavy atom. The summed E-state index contributed by atoms with van der Waals surface area (Å²) in [5, 5.41) is 13.5. The predicted octanol–water partition coefficient (Wildman–Crippen LogP) is 4.25. The third kappa shape index (κ3) is 2.73. The van der Waals surface area contributed by atoms with Gasteiger partial charge < -0.3 is 5.32 Å². The van der Waals surface area contributed by atoms with Gasteiger partial charge in [0.15, 0.2) is 5.82 Å². The van der Waals surface area contributed by atoms with Gasteiger partial charge in [0.2, 0.25) is 0 Å². The van der Waals surface area contributed by atoms with Gasteiger partial charge in [-0.25, -0.2) is 9.37 Å². The molecule has 0 fully saturated rings. The van der Waals surface area contributed by atoms with Gasteiger partial charge in [0.1, 0.15) is 5.82 Å². The molecular formula is C12H8BrClFN3O2. The minimum atomic E-state index is -0.684. The molecule has 0 saturated heterocycles. The fraction of sp³-hybridized carbons (Fsp3) is 0.0833. The number of pyridine rings is 1. The van der Waals surface area contributed by atoms with Crippen molar-refractivity contribution in [3.63, 3.8) is 0 Å². The molecule has 0 aliphatic carbocycles. The highest BCUT2D eigenvalue weighted by Gasteiger charge is 2.17. The molecule has 5 nitrogen and oxygen atoms in total. The molecule has 1 aromatic heterocycles. The molecule has 0 aliphatic rings. The Hall–Kier alpha value is -1.73. The van der Waals surface area contributed by atoms with E-state index in [9.17, 15) is 14.5 Å². The lowest BCUT2D eigenvalue weighted by Crippen LogP contribution is -1.98. The molecule has 2 aromatic rings. The lowest BCUT2D eigenvalue weighted by atomic mass is 10.1. The molecule has 0 unspecified atom stereocenters. The third-order valence-corrected chi connectivity index (χ3v) is 3.85. The maximum absolute atomic E-state index is 14.1. The van der Waals surface area contributed by atoms with Crippen LogP contribution in [0.15, 0.2) is 28.7 Å². The van der Waals surface area contributed by atoms with Crippen molar-refractivity contribution in [2.45, 2.75) is 0 Å². The van der Waals surface area contributed by atoms with Crippen LogP contribution >= 0.6 is 27.5 Å². The Balaban J connectivity index is 2.66. The summed E-state index contributed by atoms with van der Waals surface area (Å²) < 4.78 is 14.5. The molecule has 0 radical (unpaired) electrons. The highest BCUT2D eigenvalue weighted by Crippen LogP contribution is 2.34. The molecule has 0 aliphatic heterocycles. The van der Waals surface area contributed by atoms with Crippen LogP contribution in [0.25, 0.3) is 11.3 Å². The average molecular weight is 361 g/mol. The van der Waals surface area contributed by atoms with Gasteiger partial charge in [-0.3, -0.25) is 10.1 Å². The van der Waals surface area contributed by atoms with Crippen molar-refractivity contribution in [3.8, 4) is 11.3 Å². The topological polar surface area (TPSA) is 68.1 Å². The Kier molecular flexibility index (Phi) is 4.20. The summed E-state index contributed by atoms with van der Waals surface area (Å²) >= 11 is 8.92. The summed E-state index contributed by atoms with van der Waals surface area (Å²) in [6.45, 7) is 0. The molecule has 0 saturated carbocycles. The van der Waals surface area contributed by atoms with E-state index in [1.165, 1.54) is 18.2 Å². The Bertz CT molecular complexity index is 697. The first-order valence-corrected chi connectivity index (χ1v) is 6.59. The van der Waals surface area contributed by atoms with Crippen molar-refractivity contribution in [3.05, 3.63) is 49.7 Å². The van der Waals surface area contributed by atoms with Crippen LogP contribution in [0.2, 0.25) is 5.02 Å². The maximum atomic E-state index is 14.1. The summed E-state index contributed by atoms with van der Waals surface area (Å²) in [6.07, 6.45) is 0. The number of benzene rings is 1. The molecule has 1 aromatic carbocycles. The smallest absolute Gasteiger partial charge is 0.275 e. The monoisotopic (exact) mass is 359 g/mol. The molecule has 0 bridgehead atoms. The molecular weight excluding hydrogens is 353 g/mol. The van der Waals surface area contributed by atoms with E-state index in [2.05, 4.69) is 26.2 Å². The van der Waals surface area contributed by atoms with Crippen molar-refractivity contribution in [1.29, 1.82) is 0 Å². The quantitative estimate of drug-likeness (QED) is 0.505. The number of nitrogens with zero attached hydrogens (tertiary/aromatic N) is 2. The second-order valence-electron chi connectivity index (χ2n) is 3.83. The normalized spacial score (nSPS) is 10.4. The van der Waals surface area contributed by atoms with Gasteiger partial charge in [-0.05, 0) is 28.1 Å². The van der Waals surface area contributed by atoms with E-state index in [1.807, 2.05) is 0 Å². The van der Waals surface area contributed by atoms with Crippen molar-refractivity contribution in [2.24, 2.45) is 0 Å². The van der Waals surface area contributed by atoms with Crippen LogP contribution in [0.1, 0.15) is 0 Å². The largest absolute Gasteiger partial charge is 0.373 e. The number of rotatable bonds is 3. The number of hydrogen-bond acceptors (Lipinski definition) is 4. The standard InChI is InChI=1S/C12H8BrClFN3O2/c1-16-10-5-6(18(19)20)4-9(17-10)7-2-3-8(13)11(14)12(7)15/h2-5H,1H3,(H,16,17). The van der Waals surface area contributed by atoms with Gasteiger partial charge in [0.25, 0.3) is 5.69 Å². The number of anilines is 1. The van der Waals surface area contributed by atoms with Crippen molar-refractivity contribution >= 4 is 39.0 Å². The van der Waals surface area contributed by atoms with Crippen LogP contribution < -0.4 is 5.32 Å². The Labute approximate surface area is 127 Å².